The minimum atomic E-state index is -0.825. The highest BCUT2D eigenvalue weighted by Gasteiger charge is 2.43. The van der Waals surface area contributed by atoms with Gasteiger partial charge in [0, 0.05) is 34.7 Å². The van der Waals surface area contributed by atoms with Crippen molar-refractivity contribution in [1.29, 1.82) is 0 Å². The summed E-state index contributed by atoms with van der Waals surface area (Å²) in [6, 6.07) is 18.3. The molecule has 5 heteroatoms. The third-order valence-electron chi connectivity index (χ3n) is 5.51. The van der Waals surface area contributed by atoms with Crippen LogP contribution in [-0.4, -0.2) is 29.0 Å². The van der Waals surface area contributed by atoms with E-state index in [1.165, 1.54) is 17.4 Å². The largest absolute Gasteiger partial charge is 0.385 e. The van der Waals surface area contributed by atoms with Gasteiger partial charge in [-0.1, -0.05) is 42.5 Å². The van der Waals surface area contributed by atoms with E-state index in [4.69, 9.17) is 0 Å². The van der Waals surface area contributed by atoms with Crippen LogP contribution in [0.25, 0.3) is 10.4 Å². The van der Waals surface area contributed by atoms with Crippen molar-refractivity contribution in [2.75, 3.05) is 7.05 Å². The molecule has 4 rings (SSSR count). The monoisotopic (exact) mass is 395 g/mol. The maximum atomic E-state index is 14.3. The number of thiophene rings is 1. The molecular formula is C23H22FNO2S. The van der Waals surface area contributed by atoms with E-state index in [2.05, 4.69) is 0 Å². The Bertz CT molecular complexity index is 1000. The standard InChI is InChI=1S/C23H22FNO2S/c1-14-8-9-16(18(24)12-14)19-10-11-20(28-19)23(27)22-17(13-21(26)25(22)2)15-6-4-3-5-7-15/h3-12,17,22-23,27H,13H2,1-2H3/t17-,22-,23?/m1/s1. The fourth-order valence-corrected chi connectivity index (χ4v) is 5.04. The third-order valence-corrected chi connectivity index (χ3v) is 6.70. The summed E-state index contributed by atoms with van der Waals surface area (Å²) in [4.78, 5) is 15.5. The maximum Gasteiger partial charge on any atom is 0.223 e. The number of aryl methyl sites for hydroxylation is 1. The Balaban J connectivity index is 1.65. The smallest absolute Gasteiger partial charge is 0.223 e. The van der Waals surface area contributed by atoms with Crippen LogP contribution in [0, 0.1) is 12.7 Å². The first-order chi connectivity index (χ1) is 13.5. The Morgan fingerprint density at radius 3 is 2.61 bits per heavy atom. The summed E-state index contributed by atoms with van der Waals surface area (Å²) in [7, 11) is 1.74. The van der Waals surface area contributed by atoms with Crippen molar-refractivity contribution >= 4 is 17.2 Å². The number of likely N-dealkylation sites (N-methyl/N-ethyl adjacent to an activating group) is 1. The van der Waals surface area contributed by atoms with Crippen LogP contribution in [0.5, 0.6) is 0 Å². The van der Waals surface area contributed by atoms with Gasteiger partial charge in [0.05, 0.1) is 6.04 Å². The van der Waals surface area contributed by atoms with Gasteiger partial charge >= 0.3 is 0 Å². The Kier molecular flexibility index (Phi) is 5.04. The van der Waals surface area contributed by atoms with Crippen molar-refractivity contribution < 1.29 is 14.3 Å². The predicted octanol–water partition coefficient (Wildman–Crippen LogP) is 4.91. The van der Waals surface area contributed by atoms with Crippen LogP contribution in [0.3, 0.4) is 0 Å². The van der Waals surface area contributed by atoms with E-state index in [0.717, 1.165) is 20.9 Å². The zero-order valence-electron chi connectivity index (χ0n) is 15.8. The van der Waals surface area contributed by atoms with Crippen LogP contribution in [0.2, 0.25) is 0 Å². The van der Waals surface area contributed by atoms with Gasteiger partial charge in [-0.05, 0) is 36.2 Å². The number of amides is 1. The predicted molar refractivity (Wildman–Crippen MR) is 110 cm³/mol. The van der Waals surface area contributed by atoms with Gasteiger partial charge in [0.2, 0.25) is 5.91 Å². The van der Waals surface area contributed by atoms with Crippen molar-refractivity contribution in [3.05, 3.63) is 82.5 Å². The lowest BCUT2D eigenvalue weighted by Gasteiger charge is -2.29. The third kappa shape index (κ3) is 3.36. The van der Waals surface area contributed by atoms with Crippen LogP contribution < -0.4 is 0 Å². The molecule has 1 aliphatic rings. The van der Waals surface area contributed by atoms with Crippen LogP contribution in [0.15, 0.2) is 60.7 Å². The lowest BCUT2D eigenvalue weighted by atomic mass is 9.88. The van der Waals surface area contributed by atoms with Gasteiger partial charge in [0.1, 0.15) is 11.9 Å². The summed E-state index contributed by atoms with van der Waals surface area (Å²) in [5.41, 5.74) is 2.45. The highest BCUT2D eigenvalue weighted by Crippen LogP contribution is 2.42. The molecule has 0 spiro atoms. The van der Waals surface area contributed by atoms with Crippen LogP contribution in [0.1, 0.15) is 34.4 Å². The van der Waals surface area contributed by atoms with Gasteiger partial charge in [-0.3, -0.25) is 4.79 Å². The number of benzene rings is 2. The van der Waals surface area contributed by atoms with Crippen LogP contribution in [-0.2, 0) is 4.79 Å². The van der Waals surface area contributed by atoms with Crippen molar-refractivity contribution in [2.24, 2.45) is 0 Å². The minimum absolute atomic E-state index is 0.0271. The van der Waals surface area contributed by atoms with Gasteiger partial charge in [-0.25, -0.2) is 4.39 Å². The SMILES string of the molecule is Cc1ccc(-c2ccc(C(O)[C@H]3[C@@H](c4ccccc4)CC(=O)N3C)s2)c(F)c1. The van der Waals surface area contributed by atoms with Gasteiger partial charge in [-0.2, -0.15) is 0 Å². The molecule has 1 aromatic heterocycles. The van der Waals surface area contributed by atoms with Crippen LogP contribution in [0.4, 0.5) is 4.39 Å². The van der Waals surface area contributed by atoms with E-state index in [-0.39, 0.29) is 23.7 Å². The second-order valence-corrected chi connectivity index (χ2v) is 8.46. The summed E-state index contributed by atoms with van der Waals surface area (Å²) >= 11 is 1.37. The number of hydrogen-bond donors (Lipinski definition) is 1. The number of aliphatic hydroxyl groups excluding tert-OH is 1. The highest BCUT2D eigenvalue weighted by atomic mass is 32.1. The average molecular weight is 395 g/mol. The number of hydrogen-bond acceptors (Lipinski definition) is 3. The molecule has 1 amide bonds. The van der Waals surface area contributed by atoms with Crippen molar-refractivity contribution in [1.82, 2.24) is 4.90 Å². The number of rotatable bonds is 4. The lowest BCUT2D eigenvalue weighted by Crippen LogP contribution is -2.36. The average Bonchev–Trinajstić information content (AvgIpc) is 3.28. The normalized spacial score (nSPS) is 20.6. The van der Waals surface area contributed by atoms with Crippen molar-refractivity contribution in [3.8, 4) is 10.4 Å². The maximum absolute atomic E-state index is 14.3. The van der Waals surface area contributed by atoms with Crippen molar-refractivity contribution in [3.63, 3.8) is 0 Å². The molecule has 1 saturated heterocycles. The Hall–Kier alpha value is -2.50. The molecule has 1 N–H and O–H groups in total. The molecule has 1 aliphatic heterocycles. The van der Waals surface area contributed by atoms with Crippen LogP contribution >= 0.6 is 11.3 Å². The molecule has 144 valence electrons. The molecule has 2 aromatic carbocycles. The Morgan fingerprint density at radius 1 is 1.14 bits per heavy atom. The van der Waals surface area contributed by atoms with Gasteiger partial charge in [0.15, 0.2) is 0 Å². The second-order valence-electron chi connectivity index (χ2n) is 7.35. The molecule has 1 fully saturated rings. The molecule has 1 unspecified atom stereocenters. The first-order valence-electron chi connectivity index (χ1n) is 9.30. The van der Waals surface area contributed by atoms with E-state index in [0.29, 0.717) is 12.0 Å². The summed E-state index contributed by atoms with van der Waals surface area (Å²) in [6.07, 6.45) is -0.443. The molecule has 3 nitrogen and oxygen atoms in total. The molecule has 3 atom stereocenters. The number of likely N-dealkylation sites (tertiary alicyclic amines) is 1. The van der Waals surface area contributed by atoms with Gasteiger partial charge < -0.3 is 10.0 Å². The first-order valence-corrected chi connectivity index (χ1v) is 10.1. The number of carbonyl (C=O) groups is 1. The molecule has 0 radical (unpaired) electrons. The quantitative estimate of drug-likeness (QED) is 0.682. The number of halogens is 1. The second kappa shape index (κ2) is 7.49. The highest BCUT2D eigenvalue weighted by molar-refractivity contribution is 7.15. The zero-order chi connectivity index (χ0) is 19.8. The first kappa shape index (κ1) is 18.8. The van der Waals surface area contributed by atoms with E-state index in [9.17, 15) is 14.3 Å². The fourth-order valence-electron chi connectivity index (χ4n) is 3.98. The molecule has 0 bridgehead atoms. The van der Waals surface area contributed by atoms with Gasteiger partial charge in [0.25, 0.3) is 0 Å². The number of carbonyl (C=O) groups excluding carboxylic acids is 1. The topological polar surface area (TPSA) is 40.5 Å². The zero-order valence-corrected chi connectivity index (χ0v) is 16.6. The molecule has 0 saturated carbocycles. The number of aliphatic hydroxyl groups is 1. The summed E-state index contributed by atoms with van der Waals surface area (Å²) < 4.78 is 14.3. The van der Waals surface area contributed by atoms with E-state index >= 15 is 0 Å². The van der Waals surface area contributed by atoms with E-state index < -0.39 is 6.10 Å². The van der Waals surface area contributed by atoms with Crippen molar-refractivity contribution in [2.45, 2.75) is 31.4 Å². The lowest BCUT2D eigenvalue weighted by molar-refractivity contribution is -0.128. The fraction of sp³-hybridized carbons (Fsp3) is 0.261. The summed E-state index contributed by atoms with van der Waals surface area (Å²) in [5.74, 6) is -0.312. The Morgan fingerprint density at radius 2 is 1.89 bits per heavy atom. The Labute approximate surface area is 168 Å². The molecular weight excluding hydrogens is 373 g/mol. The molecule has 2 heterocycles. The summed E-state index contributed by atoms with van der Waals surface area (Å²) in [6.45, 7) is 1.85. The molecule has 28 heavy (non-hydrogen) atoms. The number of nitrogens with zero attached hydrogens (tertiary/aromatic N) is 1. The molecule has 0 aliphatic carbocycles. The van der Waals surface area contributed by atoms with E-state index in [1.54, 1.807) is 18.0 Å². The summed E-state index contributed by atoms with van der Waals surface area (Å²) in [5, 5.41) is 11.1. The van der Waals surface area contributed by atoms with E-state index in [1.807, 2.05) is 55.5 Å². The minimum Gasteiger partial charge on any atom is -0.385 e. The molecule has 3 aromatic rings. The van der Waals surface area contributed by atoms with Gasteiger partial charge in [-0.15, -0.1) is 11.3 Å².